The minimum atomic E-state index is 0.163. The lowest BCUT2D eigenvalue weighted by molar-refractivity contribution is -0.122. The maximum atomic E-state index is 12.3. The smallest absolute Gasteiger partial charge is 0.220 e. The second-order valence-corrected chi connectivity index (χ2v) is 6.70. The number of amides is 1. The summed E-state index contributed by atoms with van der Waals surface area (Å²) < 4.78 is 0. The second kappa shape index (κ2) is 7.60. The predicted octanol–water partition coefficient (Wildman–Crippen LogP) is 3.48. The zero-order valence-electron chi connectivity index (χ0n) is 13.8. The van der Waals surface area contributed by atoms with Crippen molar-refractivity contribution in [3.05, 3.63) is 48.0 Å². The quantitative estimate of drug-likeness (QED) is 0.887. The summed E-state index contributed by atoms with van der Waals surface area (Å²) in [5, 5.41) is 8.98. The van der Waals surface area contributed by atoms with Gasteiger partial charge in [0.1, 0.15) is 0 Å². The zero-order valence-corrected chi connectivity index (χ0v) is 13.8. The Morgan fingerprint density at radius 2 is 2.09 bits per heavy atom. The van der Waals surface area contributed by atoms with Crippen molar-refractivity contribution in [2.75, 3.05) is 13.1 Å². The summed E-state index contributed by atoms with van der Waals surface area (Å²) >= 11 is 0. The van der Waals surface area contributed by atoms with Crippen molar-refractivity contribution < 1.29 is 4.79 Å². The highest BCUT2D eigenvalue weighted by molar-refractivity contribution is 5.86. The van der Waals surface area contributed by atoms with E-state index < -0.39 is 0 Å². The molecule has 2 unspecified atom stereocenters. The molecule has 3 nitrogen and oxygen atoms in total. The van der Waals surface area contributed by atoms with Crippen molar-refractivity contribution in [3.8, 4) is 0 Å². The van der Waals surface area contributed by atoms with E-state index in [9.17, 15) is 4.79 Å². The fourth-order valence-electron chi connectivity index (χ4n) is 3.54. The number of piperidine rings is 1. The molecule has 122 valence electrons. The molecule has 2 aromatic rings. The molecule has 1 amide bonds. The van der Waals surface area contributed by atoms with Gasteiger partial charge in [-0.2, -0.15) is 0 Å². The average molecular weight is 310 g/mol. The summed E-state index contributed by atoms with van der Waals surface area (Å²) in [6, 6.07) is 14.6. The van der Waals surface area contributed by atoms with Gasteiger partial charge in [-0.15, -0.1) is 0 Å². The number of carbonyl (C=O) groups excluding carboxylic acids is 1. The molecular formula is C20H26N2O. The van der Waals surface area contributed by atoms with E-state index in [1.54, 1.807) is 0 Å². The minimum Gasteiger partial charge on any atom is -0.352 e. The monoisotopic (exact) mass is 310 g/mol. The molecule has 0 bridgehead atoms. The van der Waals surface area contributed by atoms with Gasteiger partial charge in [-0.25, -0.2) is 0 Å². The van der Waals surface area contributed by atoms with E-state index in [1.165, 1.54) is 29.2 Å². The molecule has 2 N–H and O–H groups in total. The minimum absolute atomic E-state index is 0.163. The molecule has 1 fully saturated rings. The van der Waals surface area contributed by atoms with Crippen LogP contribution in [0.3, 0.4) is 0 Å². The first-order valence-corrected chi connectivity index (χ1v) is 8.68. The number of hydrogen-bond acceptors (Lipinski definition) is 2. The van der Waals surface area contributed by atoms with Crippen molar-refractivity contribution in [1.29, 1.82) is 0 Å². The van der Waals surface area contributed by atoms with E-state index in [-0.39, 0.29) is 5.91 Å². The largest absolute Gasteiger partial charge is 0.352 e. The number of benzene rings is 2. The van der Waals surface area contributed by atoms with E-state index in [2.05, 4.69) is 47.9 Å². The first kappa shape index (κ1) is 16.0. The van der Waals surface area contributed by atoms with Crippen LogP contribution in [0.1, 0.15) is 31.7 Å². The van der Waals surface area contributed by atoms with Crippen molar-refractivity contribution in [2.45, 2.75) is 32.7 Å². The third-order valence-corrected chi connectivity index (χ3v) is 5.00. The molecule has 2 aromatic carbocycles. The Hall–Kier alpha value is -1.87. The number of hydrogen-bond donors (Lipinski definition) is 2. The van der Waals surface area contributed by atoms with E-state index in [0.29, 0.717) is 24.8 Å². The summed E-state index contributed by atoms with van der Waals surface area (Å²) in [7, 11) is 0. The van der Waals surface area contributed by atoms with Crippen molar-refractivity contribution in [1.82, 2.24) is 10.6 Å². The number of carbonyl (C=O) groups is 1. The predicted molar refractivity (Wildman–Crippen MR) is 95.2 cm³/mol. The van der Waals surface area contributed by atoms with Crippen LogP contribution < -0.4 is 10.6 Å². The summed E-state index contributed by atoms with van der Waals surface area (Å²) in [5.74, 6) is 1.23. The lowest BCUT2D eigenvalue weighted by Gasteiger charge is -2.28. The summed E-state index contributed by atoms with van der Waals surface area (Å²) in [4.78, 5) is 12.3. The van der Waals surface area contributed by atoms with Gasteiger partial charge in [-0.1, -0.05) is 49.4 Å². The second-order valence-electron chi connectivity index (χ2n) is 6.70. The van der Waals surface area contributed by atoms with Crippen LogP contribution in [0.25, 0.3) is 10.8 Å². The Morgan fingerprint density at radius 1 is 1.26 bits per heavy atom. The van der Waals surface area contributed by atoms with Gasteiger partial charge in [0.2, 0.25) is 5.91 Å². The van der Waals surface area contributed by atoms with Crippen molar-refractivity contribution >= 4 is 16.7 Å². The van der Waals surface area contributed by atoms with E-state index in [0.717, 1.165) is 13.1 Å². The number of rotatable bonds is 5. The Balaban J connectivity index is 1.55. The van der Waals surface area contributed by atoms with Crippen LogP contribution in [0, 0.1) is 11.8 Å². The van der Waals surface area contributed by atoms with Gasteiger partial charge in [-0.05, 0) is 54.1 Å². The third kappa shape index (κ3) is 4.11. The molecule has 0 spiro atoms. The number of fused-ring (bicyclic) bond motifs is 1. The maximum absolute atomic E-state index is 12.3. The lowest BCUT2D eigenvalue weighted by Crippen LogP contribution is -2.35. The standard InChI is InChI=1S/C20H26N2O/c1-15(17-9-5-11-21-13-17)12-20(23)22-14-18-8-4-7-16-6-2-3-10-19(16)18/h2-4,6-8,10,15,17,21H,5,9,11-14H2,1H3,(H,22,23). The Kier molecular flexibility index (Phi) is 5.29. The highest BCUT2D eigenvalue weighted by Crippen LogP contribution is 2.23. The van der Waals surface area contributed by atoms with Crippen LogP contribution in [0.15, 0.2) is 42.5 Å². The Morgan fingerprint density at radius 3 is 2.91 bits per heavy atom. The molecule has 0 aromatic heterocycles. The third-order valence-electron chi connectivity index (χ3n) is 5.00. The van der Waals surface area contributed by atoms with Crippen molar-refractivity contribution in [2.24, 2.45) is 11.8 Å². The van der Waals surface area contributed by atoms with Crippen LogP contribution >= 0.6 is 0 Å². The van der Waals surface area contributed by atoms with Gasteiger partial charge >= 0.3 is 0 Å². The lowest BCUT2D eigenvalue weighted by atomic mass is 9.85. The summed E-state index contributed by atoms with van der Waals surface area (Å²) in [5.41, 5.74) is 1.18. The normalized spacial score (nSPS) is 19.4. The molecule has 0 saturated carbocycles. The molecule has 1 aliphatic rings. The molecule has 3 heteroatoms. The first-order chi connectivity index (χ1) is 11.2. The van der Waals surface area contributed by atoms with Crippen LogP contribution in [0.4, 0.5) is 0 Å². The zero-order chi connectivity index (χ0) is 16.1. The molecule has 0 radical (unpaired) electrons. The topological polar surface area (TPSA) is 41.1 Å². The molecule has 0 aliphatic carbocycles. The van der Waals surface area contributed by atoms with Crippen molar-refractivity contribution in [3.63, 3.8) is 0 Å². The van der Waals surface area contributed by atoms with Crippen LogP contribution in [-0.4, -0.2) is 19.0 Å². The van der Waals surface area contributed by atoms with Gasteiger partial charge < -0.3 is 10.6 Å². The molecular weight excluding hydrogens is 284 g/mol. The van der Waals surface area contributed by atoms with Gasteiger partial charge in [0.25, 0.3) is 0 Å². The molecule has 3 rings (SSSR count). The SMILES string of the molecule is CC(CC(=O)NCc1cccc2ccccc12)C1CCCNC1. The Labute approximate surface area is 138 Å². The van der Waals surface area contributed by atoms with E-state index in [4.69, 9.17) is 0 Å². The Bertz CT molecular complexity index is 656. The van der Waals surface area contributed by atoms with Gasteiger partial charge in [0.15, 0.2) is 0 Å². The first-order valence-electron chi connectivity index (χ1n) is 8.68. The van der Waals surface area contributed by atoms with E-state index in [1.807, 2.05) is 12.1 Å². The fourth-order valence-corrected chi connectivity index (χ4v) is 3.54. The summed E-state index contributed by atoms with van der Waals surface area (Å²) in [6.07, 6.45) is 3.09. The van der Waals surface area contributed by atoms with Crippen LogP contribution in [0.2, 0.25) is 0 Å². The molecule has 1 heterocycles. The maximum Gasteiger partial charge on any atom is 0.220 e. The van der Waals surface area contributed by atoms with Gasteiger partial charge in [-0.3, -0.25) is 4.79 Å². The van der Waals surface area contributed by atoms with Crippen LogP contribution in [0.5, 0.6) is 0 Å². The average Bonchev–Trinajstić information content (AvgIpc) is 2.60. The fraction of sp³-hybridized carbons (Fsp3) is 0.450. The van der Waals surface area contributed by atoms with Gasteiger partial charge in [0.05, 0.1) is 0 Å². The van der Waals surface area contributed by atoms with Crippen LogP contribution in [-0.2, 0) is 11.3 Å². The molecule has 1 saturated heterocycles. The highest BCUT2D eigenvalue weighted by atomic mass is 16.1. The molecule has 23 heavy (non-hydrogen) atoms. The summed E-state index contributed by atoms with van der Waals surface area (Å²) in [6.45, 7) is 4.99. The highest BCUT2D eigenvalue weighted by Gasteiger charge is 2.21. The number of nitrogens with one attached hydrogen (secondary N) is 2. The van der Waals surface area contributed by atoms with E-state index >= 15 is 0 Å². The molecule has 2 atom stereocenters. The molecule has 1 aliphatic heterocycles. The van der Waals surface area contributed by atoms with Gasteiger partial charge in [0, 0.05) is 13.0 Å².